The van der Waals surface area contributed by atoms with Crippen LogP contribution in [-0.2, 0) is 9.53 Å². The highest BCUT2D eigenvalue weighted by atomic mass is 16.5. The van der Waals surface area contributed by atoms with Gasteiger partial charge in [-0.05, 0) is 24.6 Å². The van der Waals surface area contributed by atoms with Gasteiger partial charge >= 0.3 is 0 Å². The zero-order valence-corrected chi connectivity index (χ0v) is 11.9. The summed E-state index contributed by atoms with van der Waals surface area (Å²) in [5.74, 6) is 0.659. The van der Waals surface area contributed by atoms with Crippen molar-refractivity contribution in [2.45, 2.75) is 19.0 Å². The maximum absolute atomic E-state index is 12.1. The molecule has 1 aromatic rings. The van der Waals surface area contributed by atoms with E-state index in [9.17, 15) is 4.79 Å². The van der Waals surface area contributed by atoms with Crippen LogP contribution in [0, 0.1) is 0 Å². The Morgan fingerprint density at radius 1 is 1.32 bits per heavy atom. The average molecular weight is 266 g/mol. The van der Waals surface area contributed by atoms with Gasteiger partial charge in [-0.1, -0.05) is 12.1 Å². The van der Waals surface area contributed by atoms with Crippen molar-refractivity contribution in [3.05, 3.63) is 29.8 Å². The lowest BCUT2D eigenvalue weighted by Crippen LogP contribution is -2.45. The Morgan fingerprint density at radius 3 is 2.37 bits per heavy atom. The van der Waals surface area contributed by atoms with E-state index in [4.69, 9.17) is 15.2 Å². The minimum Gasteiger partial charge on any atom is -0.497 e. The van der Waals surface area contributed by atoms with Gasteiger partial charge in [-0.25, -0.2) is 0 Å². The largest absolute Gasteiger partial charge is 0.497 e. The Bertz CT molecular complexity index is 406. The molecule has 1 amide bonds. The van der Waals surface area contributed by atoms with Crippen LogP contribution in [0.3, 0.4) is 0 Å². The molecule has 0 spiro atoms. The monoisotopic (exact) mass is 266 g/mol. The number of amides is 1. The molecule has 0 aliphatic rings. The number of benzene rings is 1. The standard InChI is InChI=1S/C14H22N2O3/c1-10(11-5-7-12(19-4)8-6-11)16(2)14(17)13(15)9-18-3/h5-8,10,13H,9,15H2,1-4H3. The Morgan fingerprint density at radius 2 is 1.89 bits per heavy atom. The minimum absolute atomic E-state index is 0.0543. The molecule has 0 heterocycles. The van der Waals surface area contributed by atoms with E-state index >= 15 is 0 Å². The summed E-state index contributed by atoms with van der Waals surface area (Å²) in [5, 5.41) is 0. The first-order valence-electron chi connectivity index (χ1n) is 6.16. The number of carbonyl (C=O) groups excluding carboxylic acids is 1. The van der Waals surface area contributed by atoms with Crippen LogP contribution in [0.1, 0.15) is 18.5 Å². The average Bonchev–Trinajstić information content (AvgIpc) is 2.45. The molecule has 0 saturated heterocycles. The van der Waals surface area contributed by atoms with Gasteiger partial charge in [-0.15, -0.1) is 0 Å². The van der Waals surface area contributed by atoms with Crippen molar-refractivity contribution in [2.75, 3.05) is 27.9 Å². The number of likely N-dealkylation sites (N-methyl/N-ethyl adjacent to an activating group) is 1. The molecule has 0 fully saturated rings. The Balaban J connectivity index is 2.74. The van der Waals surface area contributed by atoms with Crippen LogP contribution >= 0.6 is 0 Å². The molecule has 2 atom stereocenters. The molecule has 5 nitrogen and oxygen atoms in total. The third kappa shape index (κ3) is 3.94. The summed E-state index contributed by atoms with van der Waals surface area (Å²) in [4.78, 5) is 13.7. The summed E-state index contributed by atoms with van der Waals surface area (Å²) in [6.07, 6.45) is 0. The van der Waals surface area contributed by atoms with Crippen LogP contribution in [0.5, 0.6) is 5.75 Å². The molecule has 1 aromatic carbocycles. The quantitative estimate of drug-likeness (QED) is 0.840. The highest BCUT2D eigenvalue weighted by Gasteiger charge is 2.22. The van der Waals surface area contributed by atoms with Crippen molar-refractivity contribution >= 4 is 5.91 Å². The topological polar surface area (TPSA) is 64.8 Å². The van der Waals surface area contributed by atoms with E-state index in [1.807, 2.05) is 31.2 Å². The van der Waals surface area contributed by atoms with Gasteiger partial charge in [-0.3, -0.25) is 4.79 Å². The van der Waals surface area contributed by atoms with Gasteiger partial charge in [0.15, 0.2) is 0 Å². The van der Waals surface area contributed by atoms with Gasteiger partial charge in [0, 0.05) is 14.2 Å². The number of hydrogen-bond donors (Lipinski definition) is 1. The molecule has 0 aliphatic heterocycles. The highest BCUT2D eigenvalue weighted by Crippen LogP contribution is 2.21. The summed E-state index contributed by atoms with van der Waals surface area (Å²) >= 11 is 0. The summed E-state index contributed by atoms with van der Waals surface area (Å²) in [7, 11) is 4.89. The third-order valence-corrected chi connectivity index (χ3v) is 3.19. The number of methoxy groups -OCH3 is 2. The molecule has 0 saturated carbocycles. The minimum atomic E-state index is -0.629. The predicted molar refractivity (Wildman–Crippen MR) is 74.0 cm³/mol. The molecule has 19 heavy (non-hydrogen) atoms. The number of carbonyl (C=O) groups is 1. The van der Waals surface area contributed by atoms with Gasteiger partial charge in [-0.2, -0.15) is 0 Å². The van der Waals surface area contributed by atoms with Crippen molar-refractivity contribution in [3.8, 4) is 5.75 Å². The molecule has 0 radical (unpaired) electrons. The van der Waals surface area contributed by atoms with Crippen molar-refractivity contribution in [3.63, 3.8) is 0 Å². The predicted octanol–water partition coefficient (Wildman–Crippen LogP) is 1.19. The second kappa shape index (κ2) is 7.11. The molecular weight excluding hydrogens is 244 g/mol. The first-order chi connectivity index (χ1) is 9.01. The normalized spacial score (nSPS) is 13.7. The Kier molecular flexibility index (Phi) is 5.79. The van der Waals surface area contributed by atoms with E-state index in [2.05, 4.69) is 0 Å². The van der Waals surface area contributed by atoms with Gasteiger partial charge in [0.25, 0.3) is 0 Å². The number of hydrogen-bond acceptors (Lipinski definition) is 4. The third-order valence-electron chi connectivity index (χ3n) is 3.19. The van der Waals surface area contributed by atoms with Crippen LogP contribution in [0.4, 0.5) is 0 Å². The van der Waals surface area contributed by atoms with Crippen molar-refractivity contribution in [1.29, 1.82) is 0 Å². The van der Waals surface area contributed by atoms with Crippen molar-refractivity contribution < 1.29 is 14.3 Å². The lowest BCUT2D eigenvalue weighted by atomic mass is 10.1. The molecule has 0 bridgehead atoms. The van der Waals surface area contributed by atoms with E-state index in [-0.39, 0.29) is 18.6 Å². The first-order valence-corrected chi connectivity index (χ1v) is 6.16. The zero-order valence-electron chi connectivity index (χ0n) is 11.9. The molecule has 5 heteroatoms. The van der Waals surface area contributed by atoms with Gasteiger partial charge in [0.1, 0.15) is 11.8 Å². The van der Waals surface area contributed by atoms with Crippen LogP contribution in [0.25, 0.3) is 0 Å². The summed E-state index contributed by atoms with van der Waals surface area (Å²) < 4.78 is 10.0. The van der Waals surface area contributed by atoms with E-state index in [1.165, 1.54) is 7.11 Å². The SMILES string of the molecule is COCC(N)C(=O)N(C)C(C)c1ccc(OC)cc1. The first kappa shape index (κ1) is 15.5. The molecule has 2 unspecified atom stereocenters. The number of nitrogens with zero attached hydrogens (tertiary/aromatic N) is 1. The maximum atomic E-state index is 12.1. The van der Waals surface area contributed by atoms with E-state index in [1.54, 1.807) is 19.1 Å². The molecule has 0 aliphatic carbocycles. The van der Waals surface area contributed by atoms with Crippen molar-refractivity contribution in [2.24, 2.45) is 5.73 Å². The summed E-state index contributed by atoms with van der Waals surface area (Å²) in [6.45, 7) is 2.18. The van der Waals surface area contributed by atoms with Crippen LogP contribution in [0.15, 0.2) is 24.3 Å². The Labute approximate surface area is 114 Å². The molecule has 2 N–H and O–H groups in total. The second-order valence-electron chi connectivity index (χ2n) is 4.46. The van der Waals surface area contributed by atoms with E-state index in [0.29, 0.717) is 0 Å². The lowest BCUT2D eigenvalue weighted by molar-refractivity contribution is -0.134. The fourth-order valence-electron chi connectivity index (χ4n) is 1.81. The Hall–Kier alpha value is -1.59. The molecule has 106 valence electrons. The number of rotatable bonds is 6. The summed E-state index contributed by atoms with van der Waals surface area (Å²) in [6, 6.07) is 6.94. The molecular formula is C14H22N2O3. The van der Waals surface area contributed by atoms with E-state index < -0.39 is 6.04 Å². The van der Waals surface area contributed by atoms with Crippen LogP contribution in [-0.4, -0.2) is 44.7 Å². The zero-order chi connectivity index (χ0) is 14.4. The smallest absolute Gasteiger partial charge is 0.242 e. The number of ether oxygens (including phenoxy) is 2. The van der Waals surface area contributed by atoms with E-state index in [0.717, 1.165) is 11.3 Å². The highest BCUT2D eigenvalue weighted by molar-refractivity contribution is 5.82. The fourth-order valence-corrected chi connectivity index (χ4v) is 1.81. The fraction of sp³-hybridized carbons (Fsp3) is 0.500. The number of nitrogens with two attached hydrogens (primary N) is 1. The van der Waals surface area contributed by atoms with Crippen LogP contribution in [0.2, 0.25) is 0 Å². The van der Waals surface area contributed by atoms with Crippen LogP contribution < -0.4 is 10.5 Å². The summed E-state index contributed by atoms with van der Waals surface area (Å²) in [5.41, 5.74) is 6.78. The maximum Gasteiger partial charge on any atom is 0.242 e. The van der Waals surface area contributed by atoms with Crippen molar-refractivity contribution in [1.82, 2.24) is 4.90 Å². The van der Waals surface area contributed by atoms with Gasteiger partial charge in [0.2, 0.25) is 5.91 Å². The lowest BCUT2D eigenvalue weighted by Gasteiger charge is -2.27. The van der Waals surface area contributed by atoms with Gasteiger partial charge in [0.05, 0.1) is 19.8 Å². The second-order valence-corrected chi connectivity index (χ2v) is 4.46. The van der Waals surface area contributed by atoms with Gasteiger partial charge < -0.3 is 20.1 Å². The molecule has 1 rings (SSSR count). The molecule has 0 aromatic heterocycles.